The van der Waals surface area contributed by atoms with Gasteiger partial charge in [-0.15, -0.1) is 5.10 Å². The van der Waals surface area contributed by atoms with Crippen molar-refractivity contribution in [2.75, 3.05) is 11.9 Å². The summed E-state index contributed by atoms with van der Waals surface area (Å²) in [5.74, 6) is 0.0539. The number of nitrogens with zero attached hydrogens (tertiary/aromatic N) is 6. The van der Waals surface area contributed by atoms with Crippen LogP contribution in [0.15, 0.2) is 12.5 Å². The minimum atomic E-state index is -0.623. The van der Waals surface area contributed by atoms with E-state index in [2.05, 4.69) is 25.4 Å². The maximum atomic E-state index is 10.9. The van der Waals surface area contributed by atoms with Gasteiger partial charge in [0.25, 0.3) is 0 Å². The molecule has 0 saturated carbocycles. The quantitative estimate of drug-likeness (QED) is 0.616. The Morgan fingerprint density at radius 1 is 1.50 bits per heavy atom. The molecule has 0 unspecified atom stereocenters. The summed E-state index contributed by atoms with van der Waals surface area (Å²) in [5.41, 5.74) is -0.348. The third-order valence-corrected chi connectivity index (χ3v) is 2.23. The van der Waals surface area contributed by atoms with Gasteiger partial charge < -0.3 is 10.1 Å². The molecule has 0 atom stereocenters. The molecule has 10 nitrogen and oxygen atoms in total. The molecule has 0 radical (unpaired) electrons. The number of hydrogen-bond acceptors (Lipinski definition) is 8. The Kier molecular flexibility index (Phi) is 4.03. The van der Waals surface area contributed by atoms with Gasteiger partial charge >= 0.3 is 17.6 Å². The van der Waals surface area contributed by atoms with Crippen LogP contribution in [0.3, 0.4) is 0 Å². The lowest BCUT2D eigenvalue weighted by Crippen LogP contribution is -2.06. The Balaban J connectivity index is 2.28. The van der Waals surface area contributed by atoms with Gasteiger partial charge in [0.2, 0.25) is 5.95 Å². The Bertz CT molecular complexity index is 613. The summed E-state index contributed by atoms with van der Waals surface area (Å²) in [6.07, 6.45) is 3.38. The van der Waals surface area contributed by atoms with Crippen LogP contribution in [0.4, 0.5) is 11.6 Å². The molecule has 0 aromatic carbocycles. The zero-order valence-corrected chi connectivity index (χ0v) is 11.0. The Morgan fingerprint density at radius 2 is 2.30 bits per heavy atom. The van der Waals surface area contributed by atoms with E-state index < -0.39 is 4.92 Å². The maximum Gasteiger partial charge on any atom is 0.349 e. The van der Waals surface area contributed by atoms with Crippen molar-refractivity contribution in [2.24, 2.45) is 7.05 Å². The van der Waals surface area contributed by atoms with E-state index in [-0.39, 0.29) is 23.5 Å². The van der Waals surface area contributed by atoms with Crippen molar-refractivity contribution >= 4 is 11.6 Å². The van der Waals surface area contributed by atoms with Gasteiger partial charge in [-0.1, -0.05) is 6.92 Å². The third-order valence-electron chi connectivity index (χ3n) is 2.23. The van der Waals surface area contributed by atoms with Crippen LogP contribution < -0.4 is 10.1 Å². The second kappa shape index (κ2) is 5.91. The van der Waals surface area contributed by atoms with Gasteiger partial charge in [-0.05, 0) is 6.42 Å². The first-order chi connectivity index (χ1) is 9.60. The van der Waals surface area contributed by atoms with Crippen LogP contribution in [-0.4, -0.2) is 36.2 Å². The van der Waals surface area contributed by atoms with Crippen LogP contribution in [0.5, 0.6) is 11.9 Å². The average molecular weight is 279 g/mol. The summed E-state index contributed by atoms with van der Waals surface area (Å²) in [6, 6.07) is -0.0178. The highest BCUT2D eigenvalue weighted by molar-refractivity contribution is 5.44. The normalized spacial score (nSPS) is 10.3. The highest BCUT2D eigenvalue weighted by atomic mass is 16.6. The highest BCUT2D eigenvalue weighted by Gasteiger charge is 2.21. The fourth-order valence-electron chi connectivity index (χ4n) is 1.33. The van der Waals surface area contributed by atoms with Crippen molar-refractivity contribution in [2.45, 2.75) is 13.3 Å². The largest absolute Gasteiger partial charge is 0.397 e. The zero-order chi connectivity index (χ0) is 14.5. The van der Waals surface area contributed by atoms with E-state index in [0.717, 1.165) is 12.6 Å². The standard InChI is InChI=1S/C10H13N7O3/c1-3-4-11-9-12-5-7(17(18)19)8(14-9)20-10-13-6-16(2)15-10/h5-6H,3-4H2,1-2H3,(H,11,12,14). The summed E-state index contributed by atoms with van der Waals surface area (Å²) in [7, 11) is 1.66. The zero-order valence-electron chi connectivity index (χ0n) is 11.0. The number of anilines is 1. The molecule has 0 spiro atoms. The Morgan fingerprint density at radius 3 is 2.90 bits per heavy atom. The number of rotatable bonds is 6. The molecule has 106 valence electrons. The summed E-state index contributed by atoms with van der Waals surface area (Å²) in [6.45, 7) is 2.63. The van der Waals surface area contributed by atoms with E-state index in [1.807, 2.05) is 6.92 Å². The van der Waals surface area contributed by atoms with Crippen molar-refractivity contribution in [1.29, 1.82) is 0 Å². The fourth-order valence-corrected chi connectivity index (χ4v) is 1.33. The molecule has 0 aliphatic rings. The van der Waals surface area contributed by atoms with Gasteiger partial charge in [-0.2, -0.15) is 9.97 Å². The Hall–Kier alpha value is -2.78. The molecular weight excluding hydrogens is 266 g/mol. The lowest BCUT2D eigenvalue weighted by Gasteiger charge is -2.05. The molecular formula is C10H13N7O3. The van der Waals surface area contributed by atoms with Crippen molar-refractivity contribution in [1.82, 2.24) is 24.7 Å². The number of nitro groups is 1. The van der Waals surface area contributed by atoms with Crippen molar-refractivity contribution < 1.29 is 9.66 Å². The molecule has 0 aliphatic heterocycles. The molecule has 0 amide bonds. The van der Waals surface area contributed by atoms with Crippen molar-refractivity contribution in [3.8, 4) is 11.9 Å². The minimum Gasteiger partial charge on any atom is -0.397 e. The van der Waals surface area contributed by atoms with Crippen LogP contribution in [0.2, 0.25) is 0 Å². The van der Waals surface area contributed by atoms with Crippen molar-refractivity contribution in [3.05, 3.63) is 22.6 Å². The van der Waals surface area contributed by atoms with Gasteiger partial charge in [0, 0.05) is 13.6 Å². The lowest BCUT2D eigenvalue weighted by atomic mass is 10.5. The molecule has 2 rings (SSSR count). The fraction of sp³-hybridized carbons (Fsp3) is 0.400. The molecule has 0 aliphatic carbocycles. The summed E-state index contributed by atoms with van der Waals surface area (Å²) in [5, 5.41) is 17.7. The first-order valence-electron chi connectivity index (χ1n) is 5.89. The first-order valence-corrected chi connectivity index (χ1v) is 5.89. The lowest BCUT2D eigenvalue weighted by molar-refractivity contribution is -0.386. The van der Waals surface area contributed by atoms with E-state index in [1.54, 1.807) is 7.05 Å². The van der Waals surface area contributed by atoms with Gasteiger partial charge in [0.15, 0.2) is 0 Å². The monoisotopic (exact) mass is 279 g/mol. The van der Waals surface area contributed by atoms with Gasteiger partial charge in [0.05, 0.1) is 4.92 Å². The highest BCUT2D eigenvalue weighted by Crippen LogP contribution is 2.27. The maximum absolute atomic E-state index is 10.9. The predicted molar refractivity (Wildman–Crippen MR) is 68.5 cm³/mol. The molecule has 10 heteroatoms. The second-order valence-corrected chi connectivity index (χ2v) is 3.87. The minimum absolute atomic E-state index is 0.0178. The number of aromatic nitrogens is 5. The number of ether oxygens (including phenoxy) is 1. The number of nitrogens with one attached hydrogen (secondary N) is 1. The predicted octanol–water partition coefficient (Wildman–Crippen LogP) is 1.13. The number of hydrogen-bond donors (Lipinski definition) is 1. The van der Waals surface area contributed by atoms with Crippen LogP contribution in [0, 0.1) is 10.1 Å². The average Bonchev–Trinajstić information content (AvgIpc) is 2.81. The second-order valence-electron chi connectivity index (χ2n) is 3.87. The molecule has 2 aromatic heterocycles. The third kappa shape index (κ3) is 3.16. The van der Waals surface area contributed by atoms with E-state index in [1.165, 1.54) is 11.0 Å². The van der Waals surface area contributed by atoms with Gasteiger partial charge in [-0.3, -0.25) is 14.8 Å². The van der Waals surface area contributed by atoms with Crippen LogP contribution in [0.25, 0.3) is 0 Å². The SMILES string of the molecule is CCCNc1ncc([N+](=O)[O-])c(Oc2ncn(C)n2)n1. The topological polar surface area (TPSA) is 121 Å². The van der Waals surface area contributed by atoms with E-state index in [9.17, 15) is 10.1 Å². The molecule has 2 aromatic rings. The Labute approximate surface area is 114 Å². The van der Waals surface area contributed by atoms with E-state index >= 15 is 0 Å². The molecule has 20 heavy (non-hydrogen) atoms. The van der Waals surface area contributed by atoms with Gasteiger partial charge in [0.1, 0.15) is 12.5 Å². The molecule has 2 heterocycles. The summed E-state index contributed by atoms with van der Waals surface area (Å²) < 4.78 is 6.65. The smallest absolute Gasteiger partial charge is 0.349 e. The number of aryl methyl sites for hydroxylation is 1. The molecule has 0 saturated heterocycles. The molecule has 1 N–H and O–H groups in total. The van der Waals surface area contributed by atoms with E-state index in [0.29, 0.717) is 6.54 Å². The first kappa shape index (κ1) is 13.6. The summed E-state index contributed by atoms with van der Waals surface area (Å²) in [4.78, 5) is 21.9. The van der Waals surface area contributed by atoms with E-state index in [4.69, 9.17) is 4.74 Å². The van der Waals surface area contributed by atoms with Crippen molar-refractivity contribution in [3.63, 3.8) is 0 Å². The summed E-state index contributed by atoms with van der Waals surface area (Å²) >= 11 is 0. The van der Waals surface area contributed by atoms with Gasteiger partial charge in [-0.25, -0.2) is 4.98 Å². The van der Waals surface area contributed by atoms with Crippen LogP contribution >= 0.6 is 0 Å². The molecule has 0 fully saturated rings. The van der Waals surface area contributed by atoms with Crippen LogP contribution in [-0.2, 0) is 7.05 Å². The van der Waals surface area contributed by atoms with Crippen LogP contribution in [0.1, 0.15) is 13.3 Å². The molecule has 0 bridgehead atoms.